The van der Waals surface area contributed by atoms with Crippen LogP contribution in [0.25, 0.3) is 0 Å². The van der Waals surface area contributed by atoms with Gasteiger partial charge in [-0.2, -0.15) is 0 Å². The van der Waals surface area contributed by atoms with Gasteiger partial charge in [-0.05, 0) is 37.1 Å². The molecule has 5 heteroatoms. The Morgan fingerprint density at radius 1 is 1.24 bits per heavy atom. The summed E-state index contributed by atoms with van der Waals surface area (Å²) in [5.41, 5.74) is 0.447. The van der Waals surface area contributed by atoms with Crippen LogP contribution in [-0.4, -0.2) is 30.9 Å². The predicted molar refractivity (Wildman–Crippen MR) is 75.4 cm³/mol. The van der Waals surface area contributed by atoms with Gasteiger partial charge in [0.05, 0.1) is 6.61 Å². The SMILES string of the molecule is O=C(NC[C@@H]1COC2(CCCCC2)O1)c1ccc(F)cc1. The van der Waals surface area contributed by atoms with E-state index in [4.69, 9.17) is 9.47 Å². The smallest absolute Gasteiger partial charge is 0.251 e. The van der Waals surface area contributed by atoms with Crippen LogP contribution in [0.15, 0.2) is 24.3 Å². The highest BCUT2D eigenvalue weighted by molar-refractivity contribution is 5.94. The highest BCUT2D eigenvalue weighted by Gasteiger charge is 2.42. The van der Waals surface area contributed by atoms with Crippen LogP contribution >= 0.6 is 0 Å². The van der Waals surface area contributed by atoms with Crippen molar-refractivity contribution in [2.75, 3.05) is 13.2 Å². The third-order valence-electron chi connectivity index (χ3n) is 4.13. The molecule has 1 amide bonds. The summed E-state index contributed by atoms with van der Waals surface area (Å²) in [6.07, 6.45) is 5.28. The number of ether oxygens (including phenoxy) is 2. The van der Waals surface area contributed by atoms with Crippen molar-refractivity contribution >= 4 is 5.91 Å². The Hall–Kier alpha value is -1.46. The Kier molecular flexibility index (Phi) is 4.22. The molecule has 21 heavy (non-hydrogen) atoms. The second-order valence-corrected chi connectivity index (χ2v) is 5.74. The molecule has 0 aromatic heterocycles. The van der Waals surface area contributed by atoms with Gasteiger partial charge in [0.2, 0.25) is 0 Å². The number of carbonyl (C=O) groups excluding carboxylic acids is 1. The number of amides is 1. The molecule has 1 aliphatic heterocycles. The molecule has 1 aromatic carbocycles. The Balaban J connectivity index is 1.49. The largest absolute Gasteiger partial charge is 0.349 e. The zero-order valence-corrected chi connectivity index (χ0v) is 11.9. The zero-order valence-electron chi connectivity index (χ0n) is 11.9. The number of rotatable bonds is 3. The molecule has 1 aliphatic carbocycles. The number of carbonyl (C=O) groups is 1. The van der Waals surface area contributed by atoms with Gasteiger partial charge in [-0.1, -0.05) is 6.42 Å². The van der Waals surface area contributed by atoms with E-state index in [0.717, 1.165) is 25.7 Å². The quantitative estimate of drug-likeness (QED) is 0.932. The molecule has 3 rings (SSSR count). The maximum absolute atomic E-state index is 12.8. The molecule has 4 nitrogen and oxygen atoms in total. The molecule has 1 saturated heterocycles. The Bertz CT molecular complexity index is 497. The first-order valence-electron chi connectivity index (χ1n) is 7.52. The van der Waals surface area contributed by atoms with Gasteiger partial charge in [0.1, 0.15) is 11.9 Å². The summed E-state index contributed by atoms with van der Waals surface area (Å²) in [5, 5.41) is 2.82. The van der Waals surface area contributed by atoms with Gasteiger partial charge in [0.15, 0.2) is 5.79 Å². The molecule has 1 atom stereocenters. The summed E-state index contributed by atoms with van der Waals surface area (Å²) in [6, 6.07) is 5.50. The van der Waals surface area contributed by atoms with Crippen LogP contribution in [0, 0.1) is 5.82 Å². The Morgan fingerprint density at radius 2 is 1.95 bits per heavy atom. The minimum Gasteiger partial charge on any atom is -0.349 e. The van der Waals surface area contributed by atoms with Gasteiger partial charge in [-0.25, -0.2) is 4.39 Å². The molecule has 0 radical (unpaired) electrons. The maximum Gasteiger partial charge on any atom is 0.251 e. The molecule has 2 aliphatic rings. The van der Waals surface area contributed by atoms with Gasteiger partial charge in [-0.3, -0.25) is 4.79 Å². The van der Waals surface area contributed by atoms with Gasteiger partial charge in [0.25, 0.3) is 5.91 Å². The molecule has 1 spiro atoms. The fourth-order valence-corrected chi connectivity index (χ4v) is 2.98. The van der Waals surface area contributed by atoms with Crippen LogP contribution in [0.4, 0.5) is 4.39 Å². The summed E-state index contributed by atoms with van der Waals surface area (Å²) >= 11 is 0. The van der Waals surface area contributed by atoms with E-state index in [0.29, 0.717) is 18.7 Å². The van der Waals surface area contributed by atoms with Gasteiger partial charge in [-0.15, -0.1) is 0 Å². The van der Waals surface area contributed by atoms with E-state index in [2.05, 4.69) is 5.32 Å². The van der Waals surface area contributed by atoms with Crippen LogP contribution in [0.3, 0.4) is 0 Å². The van der Waals surface area contributed by atoms with Crippen LogP contribution in [0.5, 0.6) is 0 Å². The molecule has 2 fully saturated rings. The van der Waals surface area contributed by atoms with Gasteiger partial charge in [0, 0.05) is 24.9 Å². The average Bonchev–Trinajstić information content (AvgIpc) is 2.89. The van der Waals surface area contributed by atoms with E-state index in [1.165, 1.54) is 30.7 Å². The number of hydrogen-bond donors (Lipinski definition) is 1. The van der Waals surface area contributed by atoms with Crippen LogP contribution < -0.4 is 5.32 Å². The summed E-state index contributed by atoms with van der Waals surface area (Å²) in [5.74, 6) is -0.981. The Morgan fingerprint density at radius 3 is 2.67 bits per heavy atom. The lowest BCUT2D eigenvalue weighted by molar-refractivity contribution is -0.186. The van der Waals surface area contributed by atoms with E-state index >= 15 is 0 Å². The van der Waals surface area contributed by atoms with Crippen molar-refractivity contribution in [1.82, 2.24) is 5.32 Å². The molecular formula is C16H20FNO3. The van der Waals surface area contributed by atoms with E-state index in [-0.39, 0.29) is 17.8 Å². The summed E-state index contributed by atoms with van der Waals surface area (Å²) < 4.78 is 24.6. The molecule has 1 saturated carbocycles. The lowest BCUT2D eigenvalue weighted by Crippen LogP contribution is -2.37. The Labute approximate surface area is 123 Å². The second kappa shape index (κ2) is 6.12. The van der Waals surface area contributed by atoms with Crippen LogP contribution in [0.2, 0.25) is 0 Å². The van der Waals surface area contributed by atoms with Crippen molar-refractivity contribution in [3.05, 3.63) is 35.6 Å². The fourth-order valence-electron chi connectivity index (χ4n) is 2.98. The van der Waals surface area contributed by atoms with Crippen molar-refractivity contribution in [3.8, 4) is 0 Å². The minimum absolute atomic E-state index is 0.104. The lowest BCUT2D eigenvalue weighted by atomic mass is 9.94. The third-order valence-corrected chi connectivity index (χ3v) is 4.13. The van der Waals surface area contributed by atoms with Crippen molar-refractivity contribution in [1.29, 1.82) is 0 Å². The van der Waals surface area contributed by atoms with E-state index in [1.54, 1.807) is 0 Å². The average molecular weight is 293 g/mol. The van der Waals surface area contributed by atoms with Gasteiger partial charge < -0.3 is 14.8 Å². The van der Waals surface area contributed by atoms with Crippen LogP contribution in [-0.2, 0) is 9.47 Å². The highest BCUT2D eigenvalue weighted by atomic mass is 19.1. The van der Waals surface area contributed by atoms with E-state index in [9.17, 15) is 9.18 Å². The van der Waals surface area contributed by atoms with E-state index < -0.39 is 5.79 Å². The van der Waals surface area contributed by atoms with Gasteiger partial charge >= 0.3 is 0 Å². The molecule has 0 unspecified atom stereocenters. The summed E-state index contributed by atoms with van der Waals surface area (Å²) in [4.78, 5) is 12.0. The molecule has 1 aromatic rings. The molecule has 114 valence electrons. The molecular weight excluding hydrogens is 273 g/mol. The topological polar surface area (TPSA) is 47.6 Å². The number of benzene rings is 1. The first-order chi connectivity index (χ1) is 10.2. The first-order valence-corrected chi connectivity index (χ1v) is 7.52. The van der Waals surface area contributed by atoms with Crippen molar-refractivity contribution in [2.45, 2.75) is 44.0 Å². The third kappa shape index (κ3) is 3.41. The maximum atomic E-state index is 12.8. The van der Waals surface area contributed by atoms with Crippen molar-refractivity contribution in [2.24, 2.45) is 0 Å². The van der Waals surface area contributed by atoms with Crippen molar-refractivity contribution < 1.29 is 18.7 Å². The highest BCUT2D eigenvalue weighted by Crippen LogP contribution is 2.37. The summed E-state index contributed by atoms with van der Waals surface area (Å²) in [7, 11) is 0. The van der Waals surface area contributed by atoms with Crippen LogP contribution in [0.1, 0.15) is 42.5 Å². The minimum atomic E-state index is -0.413. The van der Waals surface area contributed by atoms with Crippen molar-refractivity contribution in [3.63, 3.8) is 0 Å². The number of nitrogens with one attached hydrogen (secondary N) is 1. The lowest BCUT2D eigenvalue weighted by Gasteiger charge is -2.31. The fraction of sp³-hybridized carbons (Fsp3) is 0.562. The molecule has 1 N–H and O–H groups in total. The second-order valence-electron chi connectivity index (χ2n) is 5.74. The molecule has 1 heterocycles. The predicted octanol–water partition coefficient (Wildman–Crippen LogP) is 2.63. The molecule has 0 bridgehead atoms. The zero-order chi connectivity index (χ0) is 14.7. The number of halogens is 1. The standard InChI is InChI=1S/C16H20FNO3/c17-13-6-4-12(5-7-13)15(19)18-10-14-11-20-16(21-14)8-2-1-3-9-16/h4-7,14H,1-3,8-11H2,(H,18,19)/t14-/m1/s1. The normalized spacial score (nSPS) is 24.1. The first kappa shape index (κ1) is 14.5. The van der Waals surface area contributed by atoms with E-state index in [1.807, 2.05) is 0 Å². The number of hydrogen-bond acceptors (Lipinski definition) is 3. The summed E-state index contributed by atoms with van der Waals surface area (Å²) in [6.45, 7) is 0.932. The monoisotopic (exact) mass is 293 g/mol.